The lowest BCUT2D eigenvalue weighted by Gasteiger charge is -2.00. The normalized spacial score (nSPS) is 11.7. The van der Waals surface area contributed by atoms with Gasteiger partial charge in [0.25, 0.3) is 0 Å². The Morgan fingerprint density at radius 2 is 1.92 bits per heavy atom. The summed E-state index contributed by atoms with van der Waals surface area (Å²) in [7, 11) is -3.13. The van der Waals surface area contributed by atoms with Crippen LogP contribution in [0.15, 0.2) is 35.0 Å². The number of thiophene rings is 2. The number of hydrogen-bond acceptors (Lipinski definition) is 7. The van der Waals surface area contributed by atoms with Crippen molar-refractivity contribution in [2.24, 2.45) is 0 Å². The van der Waals surface area contributed by atoms with Gasteiger partial charge in [0.05, 0.1) is 16.8 Å². The van der Waals surface area contributed by atoms with Gasteiger partial charge < -0.3 is 5.32 Å². The van der Waals surface area contributed by atoms with Gasteiger partial charge in [0.2, 0.25) is 10.0 Å². The molecule has 3 aromatic heterocycles. The molecule has 0 atom stereocenters. The second-order valence-electron chi connectivity index (χ2n) is 5.48. The van der Waals surface area contributed by atoms with E-state index in [4.69, 9.17) is 0 Å². The van der Waals surface area contributed by atoms with E-state index < -0.39 is 10.0 Å². The largest absolute Gasteiger partial charge is 0.361 e. The minimum Gasteiger partial charge on any atom is -0.361 e. The molecule has 134 valence electrons. The summed E-state index contributed by atoms with van der Waals surface area (Å²) in [5.74, 6) is 0. The number of anilines is 1. The third kappa shape index (κ3) is 5.89. The molecule has 3 heterocycles. The zero-order chi connectivity index (χ0) is 17.7. The average Bonchev–Trinajstić information content (AvgIpc) is 3.27. The van der Waals surface area contributed by atoms with Crippen molar-refractivity contribution in [2.75, 3.05) is 24.7 Å². The van der Waals surface area contributed by atoms with Crippen LogP contribution < -0.4 is 10.0 Å². The molecular formula is C16H19N3O2S4. The quantitative estimate of drug-likeness (QED) is 0.561. The van der Waals surface area contributed by atoms with Gasteiger partial charge in [-0.2, -0.15) is 0 Å². The van der Waals surface area contributed by atoms with E-state index in [0.717, 1.165) is 33.5 Å². The van der Waals surface area contributed by atoms with Crippen molar-refractivity contribution < 1.29 is 8.42 Å². The zero-order valence-corrected chi connectivity index (χ0v) is 17.0. The summed E-state index contributed by atoms with van der Waals surface area (Å²) in [6.07, 6.45) is 2.87. The Balaban J connectivity index is 1.51. The summed E-state index contributed by atoms with van der Waals surface area (Å²) in [5, 5.41) is 8.45. The van der Waals surface area contributed by atoms with Crippen molar-refractivity contribution in [3.63, 3.8) is 0 Å². The van der Waals surface area contributed by atoms with Gasteiger partial charge in [-0.25, -0.2) is 18.1 Å². The molecule has 25 heavy (non-hydrogen) atoms. The highest BCUT2D eigenvalue weighted by molar-refractivity contribution is 7.88. The van der Waals surface area contributed by atoms with Crippen LogP contribution >= 0.6 is 34.0 Å². The number of aromatic nitrogens is 1. The molecule has 0 saturated heterocycles. The lowest BCUT2D eigenvalue weighted by molar-refractivity contribution is 0.588. The number of hydrogen-bond donors (Lipinski definition) is 2. The summed E-state index contributed by atoms with van der Waals surface area (Å²) >= 11 is 5.04. The van der Waals surface area contributed by atoms with E-state index in [1.165, 1.54) is 11.1 Å². The zero-order valence-electron chi connectivity index (χ0n) is 13.7. The summed E-state index contributed by atoms with van der Waals surface area (Å²) in [4.78, 5) is 8.27. The highest BCUT2D eigenvalue weighted by Crippen LogP contribution is 2.31. The predicted octanol–water partition coefficient (Wildman–Crippen LogP) is 3.68. The van der Waals surface area contributed by atoms with Crippen LogP contribution in [0.5, 0.6) is 0 Å². The second kappa shape index (κ2) is 8.41. The van der Waals surface area contributed by atoms with Crippen molar-refractivity contribution in [3.05, 3.63) is 44.8 Å². The fraction of sp³-hybridized carbons (Fsp3) is 0.312. The predicted molar refractivity (Wildman–Crippen MR) is 108 cm³/mol. The van der Waals surface area contributed by atoms with Gasteiger partial charge in [-0.15, -0.1) is 34.0 Å². The molecule has 9 heteroatoms. The Hall–Kier alpha value is -1.26. The van der Waals surface area contributed by atoms with Gasteiger partial charge in [0.1, 0.15) is 0 Å². The van der Waals surface area contributed by atoms with E-state index in [1.54, 1.807) is 34.0 Å². The van der Waals surface area contributed by atoms with Gasteiger partial charge in [0, 0.05) is 28.2 Å². The van der Waals surface area contributed by atoms with Crippen LogP contribution in [0.25, 0.3) is 10.6 Å². The molecule has 3 aromatic rings. The molecule has 0 aliphatic heterocycles. The maximum atomic E-state index is 11.1. The molecule has 0 bridgehead atoms. The molecule has 0 aliphatic carbocycles. The third-order valence-corrected chi connectivity index (χ3v) is 7.01. The third-order valence-electron chi connectivity index (χ3n) is 3.38. The van der Waals surface area contributed by atoms with Crippen LogP contribution in [0.4, 0.5) is 5.13 Å². The summed E-state index contributed by atoms with van der Waals surface area (Å²) in [6.45, 7) is 1.30. The van der Waals surface area contributed by atoms with Gasteiger partial charge in [-0.05, 0) is 36.4 Å². The van der Waals surface area contributed by atoms with E-state index in [-0.39, 0.29) is 0 Å². The molecule has 0 amide bonds. The van der Waals surface area contributed by atoms with Crippen molar-refractivity contribution in [1.82, 2.24) is 9.71 Å². The van der Waals surface area contributed by atoms with Crippen molar-refractivity contribution in [3.8, 4) is 10.6 Å². The Morgan fingerprint density at radius 3 is 2.68 bits per heavy atom. The maximum Gasteiger partial charge on any atom is 0.208 e. The molecule has 3 rings (SSSR count). The van der Waals surface area contributed by atoms with Crippen molar-refractivity contribution >= 4 is 49.2 Å². The fourth-order valence-corrected chi connectivity index (χ4v) is 5.19. The molecule has 0 unspecified atom stereocenters. The van der Waals surface area contributed by atoms with Crippen LogP contribution in [0.2, 0.25) is 0 Å². The monoisotopic (exact) mass is 413 g/mol. The summed E-state index contributed by atoms with van der Waals surface area (Å²) in [5.41, 5.74) is 0.968. The van der Waals surface area contributed by atoms with Crippen LogP contribution in [-0.4, -0.2) is 32.7 Å². The highest BCUT2D eigenvalue weighted by atomic mass is 32.2. The van der Waals surface area contributed by atoms with E-state index in [0.29, 0.717) is 13.0 Å². The van der Waals surface area contributed by atoms with Gasteiger partial charge in [-0.1, -0.05) is 6.07 Å². The standard InChI is InChI=1S/C16H19N3O2S4/c1-25(20,21)18-9-7-13-4-5-15(24-13)14-11-23-16(19-14)17-8-6-12-3-2-10-22-12/h2-5,10-11,18H,6-9H2,1H3,(H,17,19). The number of rotatable bonds is 9. The first-order chi connectivity index (χ1) is 12.0. The second-order valence-corrected chi connectivity index (χ2v) is 10.4. The SMILES string of the molecule is CS(=O)(=O)NCCc1ccc(-c2csc(NCCc3cccs3)n2)s1. The lowest BCUT2D eigenvalue weighted by Crippen LogP contribution is -2.23. The number of nitrogens with zero attached hydrogens (tertiary/aromatic N) is 1. The van der Waals surface area contributed by atoms with Gasteiger partial charge >= 0.3 is 0 Å². The molecule has 5 nitrogen and oxygen atoms in total. The topological polar surface area (TPSA) is 71.1 Å². The highest BCUT2D eigenvalue weighted by Gasteiger charge is 2.08. The van der Waals surface area contributed by atoms with E-state index in [1.807, 2.05) is 12.1 Å². The van der Waals surface area contributed by atoms with Crippen LogP contribution in [0, 0.1) is 0 Å². The minimum absolute atomic E-state index is 0.422. The van der Waals surface area contributed by atoms with Gasteiger partial charge in [0.15, 0.2) is 5.13 Å². The Morgan fingerprint density at radius 1 is 1.08 bits per heavy atom. The van der Waals surface area contributed by atoms with Crippen LogP contribution in [0.1, 0.15) is 9.75 Å². The molecule has 0 radical (unpaired) electrons. The van der Waals surface area contributed by atoms with Gasteiger partial charge in [-0.3, -0.25) is 0 Å². The van der Waals surface area contributed by atoms with Crippen LogP contribution in [0.3, 0.4) is 0 Å². The molecule has 0 aromatic carbocycles. The average molecular weight is 414 g/mol. The number of nitrogens with one attached hydrogen (secondary N) is 2. The molecule has 2 N–H and O–H groups in total. The first-order valence-electron chi connectivity index (χ1n) is 7.75. The number of sulfonamides is 1. The lowest BCUT2D eigenvalue weighted by atomic mass is 10.3. The van der Waals surface area contributed by atoms with E-state index in [9.17, 15) is 8.42 Å². The van der Waals surface area contributed by atoms with Crippen molar-refractivity contribution in [1.29, 1.82) is 0 Å². The van der Waals surface area contributed by atoms with Crippen molar-refractivity contribution in [2.45, 2.75) is 12.8 Å². The molecule has 0 fully saturated rings. The minimum atomic E-state index is -3.13. The van der Waals surface area contributed by atoms with Crippen LogP contribution in [-0.2, 0) is 22.9 Å². The fourth-order valence-electron chi connectivity index (χ4n) is 2.23. The van der Waals surface area contributed by atoms with E-state index >= 15 is 0 Å². The smallest absolute Gasteiger partial charge is 0.208 e. The van der Waals surface area contributed by atoms with E-state index in [2.05, 4.69) is 37.9 Å². The summed E-state index contributed by atoms with van der Waals surface area (Å²) < 4.78 is 24.7. The maximum absolute atomic E-state index is 11.1. The number of thiazole rings is 1. The Bertz CT molecular complexity index is 898. The molecule has 0 aliphatic rings. The molecule has 0 saturated carbocycles. The Kier molecular flexibility index (Phi) is 6.24. The Labute approximate surface area is 159 Å². The first-order valence-corrected chi connectivity index (χ1v) is 12.2. The molecule has 0 spiro atoms. The summed E-state index contributed by atoms with van der Waals surface area (Å²) in [6, 6.07) is 8.30. The first kappa shape index (κ1) is 18.5. The molecular weight excluding hydrogens is 394 g/mol.